The summed E-state index contributed by atoms with van der Waals surface area (Å²) in [5, 5.41) is 4.13. The molecule has 4 nitrogen and oxygen atoms in total. The predicted molar refractivity (Wildman–Crippen MR) is 47.5 cm³/mol. The largest absolute Gasteiger partial charge is 0.324 e. The van der Waals surface area contributed by atoms with Gasteiger partial charge in [-0.3, -0.25) is 0 Å². The summed E-state index contributed by atoms with van der Waals surface area (Å²) in [6, 6.07) is 0.413. The van der Waals surface area contributed by atoms with Crippen molar-refractivity contribution in [2.24, 2.45) is 5.73 Å². The molecule has 0 amide bonds. The van der Waals surface area contributed by atoms with Crippen molar-refractivity contribution in [2.75, 3.05) is 0 Å². The number of rotatable bonds is 4. The SMILES string of the molecule is CCCC(C)n1ncnc1CN. The summed E-state index contributed by atoms with van der Waals surface area (Å²) in [6.45, 7) is 4.76. The molecule has 2 N–H and O–H groups in total. The highest BCUT2D eigenvalue weighted by Crippen LogP contribution is 2.12. The summed E-state index contributed by atoms with van der Waals surface area (Å²) in [5.74, 6) is 0.871. The highest BCUT2D eigenvalue weighted by Gasteiger charge is 2.08. The zero-order chi connectivity index (χ0) is 8.97. The lowest BCUT2D eigenvalue weighted by molar-refractivity contribution is 0.437. The van der Waals surface area contributed by atoms with Crippen LogP contribution in [0.3, 0.4) is 0 Å². The van der Waals surface area contributed by atoms with Gasteiger partial charge in [-0.1, -0.05) is 13.3 Å². The molecule has 0 aliphatic rings. The second-order valence-electron chi connectivity index (χ2n) is 2.96. The Kier molecular flexibility index (Phi) is 3.22. The van der Waals surface area contributed by atoms with Gasteiger partial charge in [-0.05, 0) is 13.3 Å². The van der Waals surface area contributed by atoms with E-state index in [0.29, 0.717) is 12.6 Å². The van der Waals surface area contributed by atoms with Crippen LogP contribution in [0.1, 0.15) is 38.6 Å². The van der Waals surface area contributed by atoms with Crippen LogP contribution in [-0.2, 0) is 6.54 Å². The summed E-state index contributed by atoms with van der Waals surface area (Å²) >= 11 is 0. The molecule has 0 aliphatic carbocycles. The first-order chi connectivity index (χ1) is 5.79. The lowest BCUT2D eigenvalue weighted by Crippen LogP contribution is -2.13. The minimum atomic E-state index is 0.413. The van der Waals surface area contributed by atoms with E-state index >= 15 is 0 Å². The summed E-state index contributed by atoms with van der Waals surface area (Å²) < 4.78 is 1.91. The summed E-state index contributed by atoms with van der Waals surface area (Å²) in [4.78, 5) is 4.06. The standard InChI is InChI=1S/C8H16N4/c1-3-4-7(2)12-8(5-9)10-6-11-12/h6-7H,3-5,9H2,1-2H3. The van der Waals surface area contributed by atoms with Gasteiger partial charge in [0.05, 0.1) is 12.6 Å². The zero-order valence-electron chi connectivity index (χ0n) is 7.70. The first kappa shape index (κ1) is 9.19. The Bertz CT molecular complexity index is 231. The van der Waals surface area contributed by atoms with Gasteiger partial charge in [-0.25, -0.2) is 9.67 Å². The smallest absolute Gasteiger partial charge is 0.140 e. The van der Waals surface area contributed by atoms with E-state index in [9.17, 15) is 0 Å². The normalized spacial score (nSPS) is 13.2. The van der Waals surface area contributed by atoms with E-state index in [1.165, 1.54) is 0 Å². The number of hydrogen-bond donors (Lipinski definition) is 1. The zero-order valence-corrected chi connectivity index (χ0v) is 7.70. The van der Waals surface area contributed by atoms with Gasteiger partial charge in [0.15, 0.2) is 0 Å². The molecule has 1 rings (SSSR count). The molecule has 1 heterocycles. The Morgan fingerprint density at radius 1 is 1.67 bits per heavy atom. The molecule has 0 spiro atoms. The van der Waals surface area contributed by atoms with Crippen LogP contribution >= 0.6 is 0 Å². The minimum absolute atomic E-state index is 0.413. The highest BCUT2D eigenvalue weighted by atomic mass is 15.3. The Morgan fingerprint density at radius 2 is 2.42 bits per heavy atom. The molecule has 1 aromatic rings. The van der Waals surface area contributed by atoms with Crippen molar-refractivity contribution in [3.8, 4) is 0 Å². The maximum atomic E-state index is 5.51. The first-order valence-corrected chi connectivity index (χ1v) is 4.38. The van der Waals surface area contributed by atoms with Gasteiger partial charge in [0.25, 0.3) is 0 Å². The fraction of sp³-hybridized carbons (Fsp3) is 0.750. The van der Waals surface area contributed by atoms with Gasteiger partial charge in [0, 0.05) is 0 Å². The van der Waals surface area contributed by atoms with E-state index in [2.05, 4.69) is 23.9 Å². The van der Waals surface area contributed by atoms with Crippen LogP contribution in [0.5, 0.6) is 0 Å². The van der Waals surface area contributed by atoms with Crippen LogP contribution in [0.2, 0.25) is 0 Å². The van der Waals surface area contributed by atoms with E-state index in [1.807, 2.05) is 4.68 Å². The molecular formula is C8H16N4. The quantitative estimate of drug-likeness (QED) is 0.732. The van der Waals surface area contributed by atoms with Crippen molar-refractivity contribution < 1.29 is 0 Å². The summed E-state index contributed by atoms with van der Waals surface area (Å²) in [6.07, 6.45) is 3.84. The van der Waals surface area contributed by atoms with Crippen molar-refractivity contribution in [1.29, 1.82) is 0 Å². The molecule has 0 bridgehead atoms. The monoisotopic (exact) mass is 168 g/mol. The van der Waals surface area contributed by atoms with Crippen molar-refractivity contribution in [3.63, 3.8) is 0 Å². The third-order valence-electron chi connectivity index (χ3n) is 1.95. The van der Waals surface area contributed by atoms with Crippen molar-refractivity contribution in [2.45, 2.75) is 39.3 Å². The molecule has 0 aliphatic heterocycles. The van der Waals surface area contributed by atoms with Crippen LogP contribution < -0.4 is 5.73 Å². The number of hydrogen-bond acceptors (Lipinski definition) is 3. The van der Waals surface area contributed by atoms with E-state index in [4.69, 9.17) is 5.73 Å². The first-order valence-electron chi connectivity index (χ1n) is 4.38. The lowest BCUT2D eigenvalue weighted by Gasteiger charge is -2.12. The maximum Gasteiger partial charge on any atom is 0.140 e. The van der Waals surface area contributed by atoms with Gasteiger partial charge in [-0.15, -0.1) is 0 Å². The van der Waals surface area contributed by atoms with Crippen LogP contribution in [0.4, 0.5) is 0 Å². The molecule has 0 aromatic carbocycles. The Morgan fingerprint density at radius 3 is 3.00 bits per heavy atom. The molecule has 0 radical (unpaired) electrons. The topological polar surface area (TPSA) is 56.7 Å². The second-order valence-corrected chi connectivity index (χ2v) is 2.96. The number of nitrogens with two attached hydrogens (primary N) is 1. The average Bonchev–Trinajstić information content (AvgIpc) is 2.51. The van der Waals surface area contributed by atoms with Gasteiger partial charge in [-0.2, -0.15) is 5.10 Å². The molecule has 4 heteroatoms. The van der Waals surface area contributed by atoms with E-state index in [0.717, 1.165) is 18.7 Å². The Hall–Kier alpha value is -0.900. The molecule has 68 valence electrons. The predicted octanol–water partition coefficient (Wildman–Crippen LogP) is 1.10. The summed E-state index contributed by atoms with van der Waals surface area (Å²) in [5.41, 5.74) is 5.51. The van der Waals surface area contributed by atoms with Gasteiger partial charge < -0.3 is 5.73 Å². The van der Waals surface area contributed by atoms with Crippen molar-refractivity contribution >= 4 is 0 Å². The van der Waals surface area contributed by atoms with Crippen molar-refractivity contribution in [1.82, 2.24) is 14.8 Å². The minimum Gasteiger partial charge on any atom is -0.324 e. The number of aromatic nitrogens is 3. The van der Waals surface area contributed by atoms with E-state index in [-0.39, 0.29) is 0 Å². The van der Waals surface area contributed by atoms with Crippen LogP contribution in [-0.4, -0.2) is 14.8 Å². The van der Waals surface area contributed by atoms with Crippen LogP contribution in [0, 0.1) is 0 Å². The fourth-order valence-corrected chi connectivity index (χ4v) is 1.33. The van der Waals surface area contributed by atoms with Gasteiger partial charge in [0.1, 0.15) is 12.2 Å². The second kappa shape index (κ2) is 4.21. The van der Waals surface area contributed by atoms with Crippen LogP contribution in [0.15, 0.2) is 6.33 Å². The molecule has 1 atom stereocenters. The third-order valence-corrected chi connectivity index (χ3v) is 1.95. The van der Waals surface area contributed by atoms with E-state index < -0.39 is 0 Å². The Labute approximate surface area is 72.8 Å². The lowest BCUT2D eigenvalue weighted by atomic mass is 10.2. The molecule has 0 saturated heterocycles. The molecule has 0 fully saturated rings. The summed E-state index contributed by atoms with van der Waals surface area (Å²) in [7, 11) is 0. The Balaban J connectivity index is 2.71. The molecule has 1 unspecified atom stereocenters. The van der Waals surface area contributed by atoms with Gasteiger partial charge >= 0.3 is 0 Å². The van der Waals surface area contributed by atoms with E-state index in [1.54, 1.807) is 6.33 Å². The van der Waals surface area contributed by atoms with Crippen molar-refractivity contribution in [3.05, 3.63) is 12.2 Å². The highest BCUT2D eigenvalue weighted by molar-refractivity contribution is 4.85. The van der Waals surface area contributed by atoms with Crippen LogP contribution in [0.25, 0.3) is 0 Å². The fourth-order valence-electron chi connectivity index (χ4n) is 1.33. The molecule has 0 saturated carbocycles. The van der Waals surface area contributed by atoms with Gasteiger partial charge in [0.2, 0.25) is 0 Å². The molecule has 12 heavy (non-hydrogen) atoms. The third kappa shape index (κ3) is 1.82. The average molecular weight is 168 g/mol. The number of nitrogens with zero attached hydrogens (tertiary/aromatic N) is 3. The molecular weight excluding hydrogens is 152 g/mol. The maximum absolute atomic E-state index is 5.51. The molecule has 1 aromatic heterocycles.